The highest BCUT2D eigenvalue weighted by molar-refractivity contribution is 6.34. The van der Waals surface area contributed by atoms with Crippen molar-refractivity contribution in [2.45, 2.75) is 19.8 Å². The first-order valence-corrected chi connectivity index (χ1v) is 5.94. The van der Waals surface area contributed by atoms with Crippen LogP contribution in [0.25, 0.3) is 0 Å². The molecule has 0 bridgehead atoms. The summed E-state index contributed by atoms with van der Waals surface area (Å²) in [4.78, 5) is 11.6. The second-order valence-electron chi connectivity index (χ2n) is 3.55. The Labute approximate surface area is 106 Å². The van der Waals surface area contributed by atoms with Gasteiger partial charge in [0, 0.05) is 19.6 Å². The first kappa shape index (κ1) is 13.8. The van der Waals surface area contributed by atoms with Crippen molar-refractivity contribution < 1.29 is 9.53 Å². The van der Waals surface area contributed by atoms with Gasteiger partial charge in [0.15, 0.2) is 0 Å². The van der Waals surface area contributed by atoms with E-state index in [9.17, 15) is 4.79 Å². The topological polar surface area (TPSA) is 64.3 Å². The zero-order valence-corrected chi connectivity index (χ0v) is 10.6. The maximum atomic E-state index is 11.6. The van der Waals surface area contributed by atoms with Crippen LogP contribution in [0.15, 0.2) is 18.2 Å². The molecule has 4 nitrogen and oxygen atoms in total. The predicted molar refractivity (Wildman–Crippen MR) is 70.2 cm³/mol. The van der Waals surface area contributed by atoms with Crippen molar-refractivity contribution in [1.82, 2.24) is 0 Å². The Balaban J connectivity index is 2.45. The minimum Gasteiger partial charge on any atom is -0.397 e. The lowest BCUT2D eigenvalue weighted by Gasteiger charge is -2.09. The number of nitrogen functional groups attached to an aromatic ring is 1. The van der Waals surface area contributed by atoms with E-state index in [0.717, 1.165) is 0 Å². The Morgan fingerprint density at radius 3 is 2.94 bits per heavy atom. The van der Waals surface area contributed by atoms with E-state index < -0.39 is 0 Å². The van der Waals surface area contributed by atoms with Gasteiger partial charge in [-0.25, -0.2) is 0 Å². The zero-order valence-electron chi connectivity index (χ0n) is 9.83. The molecule has 0 saturated carbocycles. The number of para-hydroxylation sites is 1. The number of anilines is 2. The molecule has 0 aromatic heterocycles. The minimum atomic E-state index is -0.107. The molecule has 0 heterocycles. The fourth-order valence-corrected chi connectivity index (χ4v) is 1.58. The summed E-state index contributed by atoms with van der Waals surface area (Å²) in [5.41, 5.74) is 6.67. The molecule has 5 heteroatoms. The second-order valence-corrected chi connectivity index (χ2v) is 3.96. The van der Waals surface area contributed by atoms with Gasteiger partial charge in [-0.2, -0.15) is 0 Å². The number of ether oxygens (including phenoxy) is 1. The Morgan fingerprint density at radius 1 is 1.53 bits per heavy atom. The number of carbonyl (C=O) groups excluding carboxylic acids is 1. The molecule has 94 valence electrons. The third kappa shape index (κ3) is 4.63. The van der Waals surface area contributed by atoms with Gasteiger partial charge in [-0.05, 0) is 25.5 Å². The number of hydrogen-bond donors (Lipinski definition) is 2. The van der Waals surface area contributed by atoms with E-state index in [1.807, 2.05) is 6.92 Å². The van der Waals surface area contributed by atoms with Crippen molar-refractivity contribution in [3.63, 3.8) is 0 Å². The van der Waals surface area contributed by atoms with Crippen LogP contribution in [0.4, 0.5) is 11.4 Å². The van der Waals surface area contributed by atoms with Gasteiger partial charge in [0.1, 0.15) is 0 Å². The van der Waals surface area contributed by atoms with Gasteiger partial charge >= 0.3 is 0 Å². The fraction of sp³-hybridized carbons (Fsp3) is 0.417. The van der Waals surface area contributed by atoms with Gasteiger partial charge in [0.2, 0.25) is 5.91 Å². The molecule has 0 radical (unpaired) electrons. The highest BCUT2D eigenvalue weighted by Gasteiger charge is 2.08. The lowest BCUT2D eigenvalue weighted by molar-refractivity contribution is -0.116. The Hall–Kier alpha value is -1.26. The van der Waals surface area contributed by atoms with E-state index in [4.69, 9.17) is 22.1 Å². The van der Waals surface area contributed by atoms with E-state index in [1.165, 1.54) is 0 Å². The van der Waals surface area contributed by atoms with Crippen LogP contribution in [0, 0.1) is 0 Å². The normalized spacial score (nSPS) is 10.2. The summed E-state index contributed by atoms with van der Waals surface area (Å²) in [7, 11) is 0. The Kier molecular flexibility index (Phi) is 5.80. The molecule has 0 atom stereocenters. The summed E-state index contributed by atoms with van der Waals surface area (Å²) in [6, 6.07) is 5.12. The molecule has 1 aromatic carbocycles. The van der Waals surface area contributed by atoms with Crippen molar-refractivity contribution in [3.05, 3.63) is 23.2 Å². The number of carbonyl (C=O) groups is 1. The van der Waals surface area contributed by atoms with Crippen LogP contribution in [-0.4, -0.2) is 19.1 Å². The summed E-state index contributed by atoms with van der Waals surface area (Å²) in [6.45, 7) is 3.17. The van der Waals surface area contributed by atoms with Crippen molar-refractivity contribution >= 4 is 28.9 Å². The van der Waals surface area contributed by atoms with Gasteiger partial charge in [-0.3, -0.25) is 4.79 Å². The van der Waals surface area contributed by atoms with Crippen molar-refractivity contribution in [3.8, 4) is 0 Å². The van der Waals surface area contributed by atoms with Crippen molar-refractivity contribution in [2.75, 3.05) is 24.3 Å². The number of amides is 1. The molecule has 0 unspecified atom stereocenters. The van der Waals surface area contributed by atoms with E-state index >= 15 is 0 Å². The fourth-order valence-electron chi connectivity index (χ4n) is 1.35. The van der Waals surface area contributed by atoms with Crippen LogP contribution in [0.5, 0.6) is 0 Å². The molecular weight excluding hydrogens is 240 g/mol. The average molecular weight is 257 g/mol. The molecule has 0 aliphatic carbocycles. The van der Waals surface area contributed by atoms with Crippen LogP contribution in [0.2, 0.25) is 5.02 Å². The first-order chi connectivity index (χ1) is 8.15. The van der Waals surface area contributed by atoms with Crippen LogP contribution in [0.1, 0.15) is 19.8 Å². The number of benzene rings is 1. The largest absolute Gasteiger partial charge is 0.397 e. The number of halogens is 1. The van der Waals surface area contributed by atoms with Gasteiger partial charge in [0.25, 0.3) is 0 Å². The Bertz CT molecular complexity index is 363. The van der Waals surface area contributed by atoms with Crippen LogP contribution >= 0.6 is 11.6 Å². The lowest BCUT2D eigenvalue weighted by atomic mass is 10.2. The van der Waals surface area contributed by atoms with E-state index in [1.54, 1.807) is 18.2 Å². The van der Waals surface area contributed by atoms with Crippen LogP contribution in [-0.2, 0) is 9.53 Å². The maximum absolute atomic E-state index is 11.6. The quantitative estimate of drug-likeness (QED) is 0.608. The van der Waals surface area contributed by atoms with E-state index in [0.29, 0.717) is 42.5 Å². The van der Waals surface area contributed by atoms with Crippen LogP contribution < -0.4 is 11.1 Å². The molecule has 0 fully saturated rings. The van der Waals surface area contributed by atoms with E-state index in [-0.39, 0.29) is 5.91 Å². The van der Waals surface area contributed by atoms with Crippen molar-refractivity contribution in [2.24, 2.45) is 0 Å². The summed E-state index contributed by atoms with van der Waals surface area (Å²) in [5, 5.41) is 3.15. The standard InChI is InChI=1S/C12H17ClN2O2/c1-2-17-8-4-7-11(16)15-12-9(13)5-3-6-10(12)14/h3,5-6H,2,4,7-8,14H2,1H3,(H,15,16). The molecule has 0 saturated heterocycles. The number of rotatable bonds is 6. The Morgan fingerprint density at radius 2 is 2.29 bits per heavy atom. The molecule has 0 aliphatic rings. The second kappa shape index (κ2) is 7.14. The van der Waals surface area contributed by atoms with Gasteiger partial charge in [-0.1, -0.05) is 17.7 Å². The molecule has 3 N–H and O–H groups in total. The molecule has 17 heavy (non-hydrogen) atoms. The van der Waals surface area contributed by atoms with Gasteiger partial charge in [-0.15, -0.1) is 0 Å². The van der Waals surface area contributed by atoms with E-state index in [2.05, 4.69) is 5.32 Å². The number of hydrogen-bond acceptors (Lipinski definition) is 3. The molecule has 1 rings (SSSR count). The van der Waals surface area contributed by atoms with Gasteiger partial charge < -0.3 is 15.8 Å². The SMILES string of the molecule is CCOCCCC(=O)Nc1c(N)cccc1Cl. The summed E-state index contributed by atoms with van der Waals surface area (Å²) in [5.74, 6) is -0.107. The summed E-state index contributed by atoms with van der Waals surface area (Å²) >= 11 is 5.94. The van der Waals surface area contributed by atoms with Crippen molar-refractivity contribution in [1.29, 1.82) is 0 Å². The van der Waals surface area contributed by atoms with Gasteiger partial charge in [0.05, 0.1) is 16.4 Å². The molecule has 0 aliphatic heterocycles. The first-order valence-electron chi connectivity index (χ1n) is 5.56. The average Bonchev–Trinajstić information content (AvgIpc) is 2.30. The molecule has 1 amide bonds. The molecule has 1 aromatic rings. The smallest absolute Gasteiger partial charge is 0.224 e. The maximum Gasteiger partial charge on any atom is 0.224 e. The zero-order chi connectivity index (χ0) is 12.7. The number of nitrogens with one attached hydrogen (secondary N) is 1. The minimum absolute atomic E-state index is 0.107. The molecular formula is C12H17ClN2O2. The third-order valence-electron chi connectivity index (χ3n) is 2.21. The summed E-state index contributed by atoms with van der Waals surface area (Å²) in [6.07, 6.45) is 1.08. The lowest BCUT2D eigenvalue weighted by Crippen LogP contribution is -2.13. The summed E-state index contributed by atoms with van der Waals surface area (Å²) < 4.78 is 5.15. The number of nitrogens with two attached hydrogens (primary N) is 1. The molecule has 0 spiro atoms. The monoisotopic (exact) mass is 256 g/mol. The predicted octanol–water partition coefficient (Wildman–Crippen LogP) is 2.68. The third-order valence-corrected chi connectivity index (χ3v) is 2.52. The highest BCUT2D eigenvalue weighted by Crippen LogP contribution is 2.27. The van der Waals surface area contributed by atoms with Crippen LogP contribution in [0.3, 0.4) is 0 Å². The highest BCUT2D eigenvalue weighted by atomic mass is 35.5.